The molecule has 1 aromatic heterocycles. The van der Waals surface area contributed by atoms with E-state index in [9.17, 15) is 0 Å². The Hall–Kier alpha value is -1.81. The lowest BCUT2D eigenvalue weighted by molar-refractivity contribution is 0.127. The zero-order valence-corrected chi connectivity index (χ0v) is 12.4. The maximum Gasteiger partial charge on any atom is 0.0670 e. The van der Waals surface area contributed by atoms with E-state index in [1.54, 1.807) is 6.20 Å². The number of hydrogen-bond donors (Lipinski definition) is 2. The van der Waals surface area contributed by atoms with Crippen molar-refractivity contribution in [1.29, 1.82) is 0 Å². The summed E-state index contributed by atoms with van der Waals surface area (Å²) in [5, 5.41) is 5.59. The monoisotopic (exact) mass is 273 g/mol. The average molecular weight is 273 g/mol. The zero-order valence-electron chi connectivity index (χ0n) is 12.4. The van der Waals surface area contributed by atoms with Crippen LogP contribution in [-0.2, 0) is 4.74 Å². The molecule has 2 rings (SSSR count). The van der Waals surface area contributed by atoms with Gasteiger partial charge in [-0.1, -0.05) is 19.9 Å². The molecule has 108 valence electrons. The van der Waals surface area contributed by atoms with Gasteiger partial charge in [-0.2, -0.15) is 0 Å². The Labute approximate surface area is 120 Å². The van der Waals surface area contributed by atoms with Gasteiger partial charge in [-0.15, -0.1) is 0 Å². The highest BCUT2D eigenvalue weighted by molar-refractivity contribution is 5.98. The van der Waals surface area contributed by atoms with Gasteiger partial charge in [0.2, 0.25) is 0 Å². The van der Waals surface area contributed by atoms with Crippen molar-refractivity contribution < 1.29 is 4.74 Å². The van der Waals surface area contributed by atoms with Crippen LogP contribution in [0.2, 0.25) is 0 Å². The molecule has 2 aromatic rings. The Morgan fingerprint density at radius 3 is 2.80 bits per heavy atom. The van der Waals surface area contributed by atoms with Crippen molar-refractivity contribution in [2.75, 3.05) is 24.3 Å². The normalized spacial score (nSPS) is 12.8. The van der Waals surface area contributed by atoms with Crippen LogP contribution in [0.4, 0.5) is 11.4 Å². The Balaban J connectivity index is 2.25. The van der Waals surface area contributed by atoms with Gasteiger partial charge in [-0.05, 0) is 25.0 Å². The summed E-state index contributed by atoms with van der Waals surface area (Å²) in [6.45, 7) is 7.77. The number of hydrogen-bond acceptors (Lipinski definition) is 4. The third-order valence-electron chi connectivity index (χ3n) is 3.51. The van der Waals surface area contributed by atoms with Crippen LogP contribution in [0.15, 0.2) is 30.6 Å². The van der Waals surface area contributed by atoms with Crippen LogP contribution in [0.5, 0.6) is 0 Å². The molecule has 1 atom stereocenters. The number of nitrogens with zero attached hydrogens (tertiary/aromatic N) is 1. The average Bonchev–Trinajstić information content (AvgIpc) is 2.45. The van der Waals surface area contributed by atoms with Gasteiger partial charge in [-0.25, -0.2) is 0 Å². The highest BCUT2D eigenvalue weighted by atomic mass is 16.5. The predicted octanol–water partition coefficient (Wildman–Crippen LogP) is 3.29. The molecule has 4 nitrogen and oxygen atoms in total. The number of nitrogens with one attached hydrogen (secondary N) is 1. The van der Waals surface area contributed by atoms with Crippen molar-refractivity contribution in [2.45, 2.75) is 26.8 Å². The molecule has 1 unspecified atom stereocenters. The number of nitrogen functional groups attached to an aromatic ring is 1. The van der Waals surface area contributed by atoms with E-state index in [2.05, 4.69) is 24.1 Å². The molecule has 0 amide bonds. The van der Waals surface area contributed by atoms with E-state index in [1.807, 2.05) is 31.3 Å². The molecule has 0 aliphatic rings. The van der Waals surface area contributed by atoms with Crippen molar-refractivity contribution in [3.8, 4) is 0 Å². The van der Waals surface area contributed by atoms with E-state index in [1.165, 1.54) is 0 Å². The largest absolute Gasteiger partial charge is 0.397 e. The van der Waals surface area contributed by atoms with Crippen LogP contribution in [0.25, 0.3) is 10.8 Å². The predicted molar refractivity (Wildman–Crippen MR) is 84.9 cm³/mol. The molecule has 0 aliphatic carbocycles. The number of rotatable bonds is 6. The Kier molecular flexibility index (Phi) is 4.79. The van der Waals surface area contributed by atoms with E-state index in [0.29, 0.717) is 12.5 Å². The number of ether oxygens (including phenoxy) is 1. The van der Waals surface area contributed by atoms with Gasteiger partial charge < -0.3 is 15.8 Å². The molecule has 0 saturated heterocycles. The molecule has 0 radical (unpaired) electrons. The third-order valence-corrected chi connectivity index (χ3v) is 3.51. The minimum atomic E-state index is 0.247. The molecule has 0 bridgehead atoms. The summed E-state index contributed by atoms with van der Waals surface area (Å²) in [5.41, 5.74) is 8.00. The highest BCUT2D eigenvalue weighted by Gasteiger charge is 2.15. The van der Waals surface area contributed by atoms with Gasteiger partial charge >= 0.3 is 0 Å². The number of pyridine rings is 1. The van der Waals surface area contributed by atoms with Crippen LogP contribution in [-0.4, -0.2) is 24.2 Å². The summed E-state index contributed by atoms with van der Waals surface area (Å²) in [5.74, 6) is 0.467. The second kappa shape index (κ2) is 6.57. The van der Waals surface area contributed by atoms with Crippen LogP contribution >= 0.6 is 0 Å². The Morgan fingerprint density at radius 2 is 2.10 bits per heavy atom. The molecular weight excluding hydrogens is 250 g/mol. The molecule has 3 N–H and O–H groups in total. The Bertz CT molecular complexity index is 569. The smallest absolute Gasteiger partial charge is 0.0670 e. The molecule has 0 fully saturated rings. The van der Waals surface area contributed by atoms with E-state index >= 15 is 0 Å². The van der Waals surface area contributed by atoms with Gasteiger partial charge in [0.25, 0.3) is 0 Å². The minimum absolute atomic E-state index is 0.247. The van der Waals surface area contributed by atoms with Gasteiger partial charge in [0.1, 0.15) is 0 Å². The van der Waals surface area contributed by atoms with E-state index < -0.39 is 0 Å². The molecule has 4 heteroatoms. The van der Waals surface area contributed by atoms with Crippen LogP contribution in [0.1, 0.15) is 20.8 Å². The first-order valence-electron chi connectivity index (χ1n) is 7.10. The number of fused-ring (bicyclic) bond motifs is 1. The van der Waals surface area contributed by atoms with E-state index in [4.69, 9.17) is 10.5 Å². The fraction of sp³-hybridized carbons (Fsp3) is 0.438. The Morgan fingerprint density at radius 1 is 1.30 bits per heavy atom. The maximum absolute atomic E-state index is 6.26. The summed E-state index contributed by atoms with van der Waals surface area (Å²) < 4.78 is 5.54. The molecule has 1 heterocycles. The van der Waals surface area contributed by atoms with Crippen LogP contribution < -0.4 is 11.1 Å². The standard InChI is InChI=1S/C16H23N3O/c1-4-20-10-15(11(2)3)19-14-6-5-12-9-18-8-7-13(12)16(14)17/h5-9,11,15,19H,4,10,17H2,1-3H3. The van der Waals surface area contributed by atoms with Crippen LogP contribution in [0.3, 0.4) is 0 Å². The summed E-state index contributed by atoms with van der Waals surface area (Å²) in [7, 11) is 0. The summed E-state index contributed by atoms with van der Waals surface area (Å²) in [4.78, 5) is 4.12. The van der Waals surface area contributed by atoms with Gasteiger partial charge in [-0.3, -0.25) is 4.98 Å². The van der Waals surface area contributed by atoms with Crippen LogP contribution in [0, 0.1) is 5.92 Å². The topological polar surface area (TPSA) is 60.2 Å². The van der Waals surface area contributed by atoms with Gasteiger partial charge in [0.15, 0.2) is 0 Å². The quantitative estimate of drug-likeness (QED) is 0.793. The van der Waals surface area contributed by atoms with Gasteiger partial charge in [0.05, 0.1) is 24.0 Å². The molecule has 0 aliphatic heterocycles. The first kappa shape index (κ1) is 14.6. The maximum atomic E-state index is 6.26. The van der Waals surface area contributed by atoms with Crippen molar-refractivity contribution in [3.05, 3.63) is 30.6 Å². The lowest BCUT2D eigenvalue weighted by Crippen LogP contribution is -2.31. The lowest BCUT2D eigenvalue weighted by Gasteiger charge is -2.24. The summed E-state index contributed by atoms with van der Waals surface area (Å²) in [6.07, 6.45) is 3.60. The number of aromatic nitrogens is 1. The summed E-state index contributed by atoms with van der Waals surface area (Å²) in [6, 6.07) is 6.25. The summed E-state index contributed by atoms with van der Waals surface area (Å²) >= 11 is 0. The number of benzene rings is 1. The van der Waals surface area contributed by atoms with E-state index in [0.717, 1.165) is 28.8 Å². The SMILES string of the molecule is CCOCC(Nc1ccc2cnccc2c1N)C(C)C. The van der Waals surface area contributed by atoms with Crippen molar-refractivity contribution >= 4 is 22.1 Å². The fourth-order valence-corrected chi connectivity index (χ4v) is 2.16. The second-order valence-corrected chi connectivity index (χ2v) is 5.28. The molecule has 20 heavy (non-hydrogen) atoms. The number of anilines is 2. The number of nitrogens with two attached hydrogens (primary N) is 1. The first-order valence-corrected chi connectivity index (χ1v) is 7.10. The molecular formula is C16H23N3O. The van der Waals surface area contributed by atoms with Gasteiger partial charge in [0, 0.05) is 29.8 Å². The van der Waals surface area contributed by atoms with E-state index in [-0.39, 0.29) is 6.04 Å². The third kappa shape index (κ3) is 3.20. The van der Waals surface area contributed by atoms with Crippen molar-refractivity contribution in [1.82, 2.24) is 4.98 Å². The second-order valence-electron chi connectivity index (χ2n) is 5.28. The fourth-order valence-electron chi connectivity index (χ4n) is 2.16. The van der Waals surface area contributed by atoms with Crippen molar-refractivity contribution in [3.63, 3.8) is 0 Å². The van der Waals surface area contributed by atoms with Crippen molar-refractivity contribution in [2.24, 2.45) is 5.92 Å². The molecule has 0 spiro atoms. The molecule has 0 saturated carbocycles. The minimum Gasteiger partial charge on any atom is -0.397 e. The molecule has 1 aromatic carbocycles. The first-order chi connectivity index (χ1) is 9.63. The zero-order chi connectivity index (χ0) is 14.5. The lowest BCUT2D eigenvalue weighted by atomic mass is 10.0. The highest BCUT2D eigenvalue weighted by Crippen LogP contribution is 2.29.